The monoisotopic (exact) mass is 319 g/mol. The second-order valence-electron chi connectivity index (χ2n) is 6.49. The average Bonchev–Trinajstić information content (AvgIpc) is 2.93. The summed E-state index contributed by atoms with van der Waals surface area (Å²) >= 11 is 0. The van der Waals surface area contributed by atoms with E-state index < -0.39 is 11.4 Å². The first-order chi connectivity index (χ1) is 10.9. The van der Waals surface area contributed by atoms with Crippen molar-refractivity contribution in [3.8, 4) is 0 Å². The number of benzene rings is 1. The molecule has 0 radical (unpaired) electrons. The van der Waals surface area contributed by atoms with Crippen molar-refractivity contribution in [3.05, 3.63) is 35.4 Å². The number of nitrogens with zero attached hydrogens (tertiary/aromatic N) is 1. The third kappa shape index (κ3) is 3.72. The average molecular weight is 319 g/mol. The topological polar surface area (TPSA) is 66.8 Å². The molecule has 5 heteroatoms. The fraction of sp³-hybridized carbons (Fsp3) is 0.556. The lowest BCUT2D eigenvalue weighted by Gasteiger charge is -2.31. The molecule has 0 aromatic heterocycles. The lowest BCUT2D eigenvalue weighted by Crippen LogP contribution is -2.40. The highest BCUT2D eigenvalue weighted by atomic mass is 16.5. The van der Waals surface area contributed by atoms with Gasteiger partial charge in [-0.05, 0) is 43.5 Å². The molecule has 23 heavy (non-hydrogen) atoms. The van der Waals surface area contributed by atoms with Gasteiger partial charge in [-0.25, -0.2) is 4.79 Å². The van der Waals surface area contributed by atoms with Gasteiger partial charge in [-0.1, -0.05) is 26.0 Å². The van der Waals surface area contributed by atoms with Gasteiger partial charge < -0.3 is 9.84 Å². The molecule has 1 aromatic carbocycles. The largest absolute Gasteiger partial charge is 0.478 e. The number of carboxylic acids is 1. The summed E-state index contributed by atoms with van der Waals surface area (Å²) in [4.78, 5) is 25.5. The molecular formula is C18H25NO4. The van der Waals surface area contributed by atoms with Gasteiger partial charge in [0.2, 0.25) is 0 Å². The molecule has 1 aromatic rings. The van der Waals surface area contributed by atoms with Crippen LogP contribution in [-0.4, -0.2) is 41.6 Å². The van der Waals surface area contributed by atoms with E-state index >= 15 is 0 Å². The van der Waals surface area contributed by atoms with Gasteiger partial charge in [-0.2, -0.15) is 0 Å². The van der Waals surface area contributed by atoms with Crippen molar-refractivity contribution in [3.63, 3.8) is 0 Å². The minimum atomic E-state index is -0.918. The Labute approximate surface area is 137 Å². The zero-order valence-electron chi connectivity index (χ0n) is 14.0. The van der Waals surface area contributed by atoms with Gasteiger partial charge in [0.25, 0.3) is 0 Å². The molecule has 0 amide bonds. The molecule has 0 spiro atoms. The summed E-state index contributed by atoms with van der Waals surface area (Å²) in [5, 5.41) is 8.94. The molecule has 1 fully saturated rings. The summed E-state index contributed by atoms with van der Waals surface area (Å²) in [5.74, 6) is -0.793. The predicted octanol–water partition coefficient (Wildman–Crippen LogP) is 2.80. The van der Waals surface area contributed by atoms with Crippen LogP contribution < -0.4 is 0 Å². The Morgan fingerprint density at radius 1 is 1.30 bits per heavy atom. The number of esters is 1. The molecule has 1 heterocycles. The number of hydrogen-bond acceptors (Lipinski definition) is 4. The minimum Gasteiger partial charge on any atom is -0.478 e. The van der Waals surface area contributed by atoms with E-state index in [0.717, 1.165) is 18.5 Å². The van der Waals surface area contributed by atoms with Crippen LogP contribution in [0.25, 0.3) is 0 Å². The van der Waals surface area contributed by atoms with Crippen LogP contribution in [0, 0.1) is 11.3 Å². The van der Waals surface area contributed by atoms with Crippen LogP contribution in [0.2, 0.25) is 0 Å². The number of carbonyl (C=O) groups excluding carboxylic acids is 1. The van der Waals surface area contributed by atoms with E-state index in [2.05, 4.69) is 18.7 Å². The first-order valence-electron chi connectivity index (χ1n) is 8.11. The molecule has 0 bridgehead atoms. The number of carbonyl (C=O) groups is 2. The Kier molecular flexibility index (Phi) is 5.42. The standard InChI is InChI=1S/C18H25NO4/c1-4-23-17(22)18(13(2)3)9-10-19(12-18)11-14-5-7-15(8-6-14)16(20)21/h5-8,13H,4,9-12H2,1-3H3,(H,20,21). The zero-order chi connectivity index (χ0) is 17.0. The van der Waals surface area contributed by atoms with E-state index in [0.29, 0.717) is 25.3 Å². The molecular weight excluding hydrogens is 294 g/mol. The van der Waals surface area contributed by atoms with Gasteiger partial charge in [0, 0.05) is 13.1 Å². The molecule has 2 rings (SSSR count). The maximum atomic E-state index is 12.4. The summed E-state index contributed by atoms with van der Waals surface area (Å²) in [6.07, 6.45) is 0.802. The molecule has 1 unspecified atom stereocenters. The van der Waals surface area contributed by atoms with Gasteiger partial charge in [-0.3, -0.25) is 9.69 Å². The summed E-state index contributed by atoms with van der Waals surface area (Å²) in [7, 11) is 0. The highest BCUT2D eigenvalue weighted by Gasteiger charge is 2.48. The van der Waals surface area contributed by atoms with Crippen molar-refractivity contribution in [2.45, 2.75) is 33.7 Å². The Morgan fingerprint density at radius 2 is 1.96 bits per heavy atom. The highest BCUT2D eigenvalue weighted by molar-refractivity contribution is 5.87. The maximum absolute atomic E-state index is 12.4. The normalized spacial score (nSPS) is 21.6. The van der Waals surface area contributed by atoms with E-state index in [9.17, 15) is 9.59 Å². The summed E-state index contributed by atoms with van der Waals surface area (Å²) in [6.45, 7) is 8.63. The Morgan fingerprint density at radius 3 is 2.48 bits per heavy atom. The Hall–Kier alpha value is -1.88. The fourth-order valence-electron chi connectivity index (χ4n) is 3.21. The second-order valence-corrected chi connectivity index (χ2v) is 6.49. The summed E-state index contributed by atoms with van der Waals surface area (Å²) < 4.78 is 5.30. The van der Waals surface area contributed by atoms with Crippen LogP contribution in [0.15, 0.2) is 24.3 Å². The first-order valence-corrected chi connectivity index (χ1v) is 8.11. The van der Waals surface area contributed by atoms with Crippen molar-refractivity contribution in [1.29, 1.82) is 0 Å². The van der Waals surface area contributed by atoms with Crippen molar-refractivity contribution in [2.75, 3.05) is 19.7 Å². The van der Waals surface area contributed by atoms with Crippen LogP contribution in [-0.2, 0) is 16.1 Å². The van der Waals surface area contributed by atoms with Crippen molar-refractivity contribution in [2.24, 2.45) is 11.3 Å². The highest BCUT2D eigenvalue weighted by Crippen LogP contribution is 2.39. The fourth-order valence-corrected chi connectivity index (χ4v) is 3.21. The van der Waals surface area contributed by atoms with Gasteiger partial charge in [-0.15, -0.1) is 0 Å². The molecule has 1 atom stereocenters. The molecule has 1 N–H and O–H groups in total. The predicted molar refractivity (Wildman–Crippen MR) is 87.2 cm³/mol. The quantitative estimate of drug-likeness (QED) is 0.817. The van der Waals surface area contributed by atoms with Crippen LogP contribution in [0.1, 0.15) is 43.1 Å². The molecule has 1 aliphatic rings. The van der Waals surface area contributed by atoms with E-state index in [4.69, 9.17) is 9.84 Å². The molecule has 1 aliphatic heterocycles. The third-order valence-electron chi connectivity index (χ3n) is 4.77. The molecule has 0 saturated carbocycles. The lowest BCUT2D eigenvalue weighted by atomic mass is 9.76. The van der Waals surface area contributed by atoms with Crippen LogP contribution in [0.5, 0.6) is 0 Å². The zero-order valence-corrected chi connectivity index (χ0v) is 14.0. The van der Waals surface area contributed by atoms with Gasteiger partial charge in [0.15, 0.2) is 0 Å². The third-order valence-corrected chi connectivity index (χ3v) is 4.77. The van der Waals surface area contributed by atoms with E-state index in [1.54, 1.807) is 12.1 Å². The summed E-state index contributed by atoms with van der Waals surface area (Å²) in [5.41, 5.74) is 0.911. The summed E-state index contributed by atoms with van der Waals surface area (Å²) in [6, 6.07) is 6.91. The van der Waals surface area contributed by atoms with Crippen LogP contribution in [0.4, 0.5) is 0 Å². The number of carboxylic acid groups (broad SMARTS) is 1. The number of ether oxygens (including phenoxy) is 1. The van der Waals surface area contributed by atoms with Crippen molar-refractivity contribution < 1.29 is 19.4 Å². The Balaban J connectivity index is 2.06. The number of rotatable bonds is 6. The minimum absolute atomic E-state index is 0.0984. The number of hydrogen-bond donors (Lipinski definition) is 1. The first kappa shape index (κ1) is 17.5. The van der Waals surface area contributed by atoms with Crippen LogP contribution in [0.3, 0.4) is 0 Å². The van der Waals surface area contributed by atoms with E-state index in [1.165, 1.54) is 0 Å². The van der Waals surface area contributed by atoms with Crippen molar-refractivity contribution in [1.82, 2.24) is 4.90 Å². The van der Waals surface area contributed by atoms with Gasteiger partial charge >= 0.3 is 11.9 Å². The Bertz CT molecular complexity index is 567. The molecule has 5 nitrogen and oxygen atoms in total. The van der Waals surface area contributed by atoms with Gasteiger partial charge in [0.1, 0.15) is 0 Å². The number of aromatic carboxylic acids is 1. The molecule has 1 saturated heterocycles. The molecule has 0 aliphatic carbocycles. The SMILES string of the molecule is CCOC(=O)C1(C(C)C)CCN(Cc2ccc(C(=O)O)cc2)C1. The lowest BCUT2D eigenvalue weighted by molar-refractivity contribution is -0.157. The molecule has 126 valence electrons. The maximum Gasteiger partial charge on any atom is 0.335 e. The smallest absolute Gasteiger partial charge is 0.335 e. The van der Waals surface area contributed by atoms with E-state index in [1.807, 2.05) is 19.1 Å². The van der Waals surface area contributed by atoms with E-state index in [-0.39, 0.29) is 11.9 Å². The van der Waals surface area contributed by atoms with Crippen molar-refractivity contribution >= 4 is 11.9 Å². The van der Waals surface area contributed by atoms with Gasteiger partial charge in [0.05, 0.1) is 17.6 Å². The van der Waals surface area contributed by atoms with Crippen LogP contribution >= 0.6 is 0 Å². The number of likely N-dealkylation sites (tertiary alicyclic amines) is 1. The second kappa shape index (κ2) is 7.13.